The SMILES string of the molecule is FC(F)(F)c1ccc2ccc3[nH+]ccc3c2[nH]1. The normalized spacial score (nSPS) is 12.4. The number of pyridine rings is 1. The van der Waals surface area contributed by atoms with Crippen molar-refractivity contribution in [2.24, 2.45) is 0 Å². The van der Waals surface area contributed by atoms with Crippen LogP contribution < -0.4 is 4.98 Å². The van der Waals surface area contributed by atoms with Crippen LogP contribution in [0.25, 0.3) is 21.8 Å². The summed E-state index contributed by atoms with van der Waals surface area (Å²) >= 11 is 0. The standard InChI is InChI=1S/C12H7F3N2/c13-12(14,15)10-4-2-7-1-3-9-8(5-6-16-9)11(7)17-10/h1-6,17H/p+1. The van der Waals surface area contributed by atoms with Gasteiger partial charge in [-0.1, -0.05) is 6.07 Å². The van der Waals surface area contributed by atoms with Crippen molar-refractivity contribution in [1.82, 2.24) is 4.98 Å². The Morgan fingerprint density at radius 1 is 1.00 bits per heavy atom. The molecule has 86 valence electrons. The van der Waals surface area contributed by atoms with Gasteiger partial charge in [-0.3, -0.25) is 0 Å². The fourth-order valence-corrected chi connectivity index (χ4v) is 1.94. The van der Waals surface area contributed by atoms with E-state index in [9.17, 15) is 13.2 Å². The van der Waals surface area contributed by atoms with Gasteiger partial charge in [-0.15, -0.1) is 0 Å². The maximum absolute atomic E-state index is 12.6. The van der Waals surface area contributed by atoms with Crippen LogP contribution in [-0.2, 0) is 6.18 Å². The van der Waals surface area contributed by atoms with Crippen molar-refractivity contribution >= 4 is 21.8 Å². The number of rotatable bonds is 0. The minimum Gasteiger partial charge on any atom is -0.350 e. The molecule has 0 atom stereocenters. The molecule has 0 amide bonds. The molecule has 0 aliphatic rings. The monoisotopic (exact) mass is 237 g/mol. The van der Waals surface area contributed by atoms with Crippen molar-refractivity contribution in [3.8, 4) is 0 Å². The maximum Gasteiger partial charge on any atom is 0.431 e. The maximum atomic E-state index is 12.6. The molecule has 0 fully saturated rings. The molecule has 2 aromatic heterocycles. The molecule has 0 saturated carbocycles. The number of aromatic nitrogens is 2. The minimum atomic E-state index is -4.35. The first-order valence-electron chi connectivity index (χ1n) is 5.05. The fourth-order valence-electron chi connectivity index (χ4n) is 1.94. The van der Waals surface area contributed by atoms with E-state index in [1.165, 1.54) is 6.07 Å². The zero-order valence-corrected chi connectivity index (χ0v) is 8.60. The predicted molar refractivity (Wildman–Crippen MR) is 57.4 cm³/mol. The van der Waals surface area contributed by atoms with Gasteiger partial charge in [0.15, 0.2) is 6.20 Å². The van der Waals surface area contributed by atoms with Gasteiger partial charge in [0.25, 0.3) is 0 Å². The van der Waals surface area contributed by atoms with Crippen LogP contribution in [0.4, 0.5) is 13.2 Å². The first-order valence-corrected chi connectivity index (χ1v) is 5.05. The molecule has 0 bridgehead atoms. The van der Waals surface area contributed by atoms with Gasteiger partial charge in [0.05, 0.1) is 10.9 Å². The van der Waals surface area contributed by atoms with Gasteiger partial charge < -0.3 is 4.98 Å². The van der Waals surface area contributed by atoms with Crippen molar-refractivity contribution in [3.63, 3.8) is 0 Å². The first kappa shape index (κ1) is 10.1. The van der Waals surface area contributed by atoms with E-state index in [1.807, 2.05) is 6.07 Å². The predicted octanol–water partition coefficient (Wildman–Crippen LogP) is 3.15. The van der Waals surface area contributed by atoms with Crippen LogP contribution in [0, 0.1) is 0 Å². The van der Waals surface area contributed by atoms with Crippen LogP contribution in [0.15, 0.2) is 36.5 Å². The molecule has 5 heteroatoms. The summed E-state index contributed by atoms with van der Waals surface area (Å²) in [6, 6.07) is 7.92. The fraction of sp³-hybridized carbons (Fsp3) is 0.0833. The molecule has 2 nitrogen and oxygen atoms in total. The average Bonchev–Trinajstić information content (AvgIpc) is 2.75. The van der Waals surface area contributed by atoms with Crippen molar-refractivity contribution in [2.45, 2.75) is 6.18 Å². The van der Waals surface area contributed by atoms with E-state index < -0.39 is 11.9 Å². The molecule has 1 aromatic carbocycles. The number of aromatic amines is 2. The number of halogens is 3. The van der Waals surface area contributed by atoms with Crippen molar-refractivity contribution in [3.05, 3.63) is 42.2 Å². The molecule has 0 spiro atoms. The lowest BCUT2D eigenvalue weighted by atomic mass is 10.1. The second-order valence-electron chi connectivity index (χ2n) is 3.84. The van der Waals surface area contributed by atoms with Crippen molar-refractivity contribution in [1.29, 1.82) is 0 Å². The molecule has 0 unspecified atom stereocenters. The van der Waals surface area contributed by atoms with Gasteiger partial charge in [-0.05, 0) is 17.5 Å². The Bertz CT molecular complexity index is 698. The Balaban J connectivity index is 2.40. The van der Waals surface area contributed by atoms with E-state index in [0.717, 1.165) is 22.4 Å². The molecular formula is C12H8F3N2+. The summed E-state index contributed by atoms with van der Waals surface area (Å²) in [7, 11) is 0. The molecule has 2 N–H and O–H groups in total. The molecule has 3 rings (SSSR count). The molecule has 0 aliphatic heterocycles. The summed E-state index contributed by atoms with van der Waals surface area (Å²) in [5, 5.41) is 1.51. The topological polar surface area (TPSA) is 29.9 Å². The van der Waals surface area contributed by atoms with Gasteiger partial charge in [0.1, 0.15) is 5.69 Å². The number of nitrogens with one attached hydrogen (secondary N) is 2. The minimum absolute atomic E-state index is 0.499. The number of hydrogen-bond donors (Lipinski definition) is 1. The number of benzene rings is 1. The van der Waals surface area contributed by atoms with Crippen LogP contribution in [0.2, 0.25) is 0 Å². The zero-order chi connectivity index (χ0) is 12.0. The van der Waals surface area contributed by atoms with E-state index >= 15 is 0 Å². The van der Waals surface area contributed by atoms with E-state index in [2.05, 4.69) is 9.97 Å². The van der Waals surface area contributed by atoms with Gasteiger partial charge in [-0.25, -0.2) is 4.98 Å². The smallest absolute Gasteiger partial charge is 0.350 e. The highest BCUT2D eigenvalue weighted by molar-refractivity contribution is 6.02. The van der Waals surface area contributed by atoms with E-state index in [0.29, 0.717) is 5.52 Å². The number of alkyl halides is 3. The number of fused-ring (bicyclic) bond motifs is 3. The Labute approximate surface area is 94.1 Å². The number of H-pyrrole nitrogens is 2. The van der Waals surface area contributed by atoms with Crippen molar-refractivity contribution in [2.75, 3.05) is 0 Å². The largest absolute Gasteiger partial charge is 0.431 e. The summed E-state index contributed by atoms with van der Waals surface area (Å²) < 4.78 is 37.8. The summed E-state index contributed by atoms with van der Waals surface area (Å²) in [5.74, 6) is 0. The van der Waals surface area contributed by atoms with Crippen LogP contribution in [0.5, 0.6) is 0 Å². The van der Waals surface area contributed by atoms with Gasteiger partial charge in [0, 0.05) is 12.1 Å². The molecule has 0 radical (unpaired) electrons. The lowest BCUT2D eigenvalue weighted by Gasteiger charge is -2.08. The molecule has 0 saturated heterocycles. The zero-order valence-electron chi connectivity index (χ0n) is 8.60. The average molecular weight is 237 g/mol. The number of hydrogen-bond acceptors (Lipinski definition) is 0. The quantitative estimate of drug-likeness (QED) is 0.622. The Morgan fingerprint density at radius 2 is 1.76 bits per heavy atom. The Kier molecular flexibility index (Phi) is 1.92. The third kappa shape index (κ3) is 1.54. The third-order valence-electron chi connectivity index (χ3n) is 2.76. The highest BCUT2D eigenvalue weighted by atomic mass is 19.4. The van der Waals surface area contributed by atoms with Gasteiger partial charge >= 0.3 is 6.18 Å². The highest BCUT2D eigenvalue weighted by Gasteiger charge is 2.31. The first-order chi connectivity index (χ1) is 8.05. The van der Waals surface area contributed by atoms with Gasteiger partial charge in [-0.2, -0.15) is 13.2 Å². The van der Waals surface area contributed by atoms with Crippen LogP contribution in [-0.4, -0.2) is 4.98 Å². The third-order valence-corrected chi connectivity index (χ3v) is 2.76. The summed E-state index contributed by atoms with van der Waals surface area (Å²) in [6.45, 7) is 0. The second-order valence-corrected chi connectivity index (χ2v) is 3.84. The Morgan fingerprint density at radius 3 is 2.53 bits per heavy atom. The van der Waals surface area contributed by atoms with E-state index in [-0.39, 0.29) is 0 Å². The molecule has 17 heavy (non-hydrogen) atoms. The van der Waals surface area contributed by atoms with E-state index in [1.54, 1.807) is 18.3 Å². The van der Waals surface area contributed by atoms with Gasteiger partial charge in [0.2, 0.25) is 5.52 Å². The molecule has 3 aromatic rings. The molecule has 2 heterocycles. The van der Waals surface area contributed by atoms with Crippen LogP contribution in [0.1, 0.15) is 5.69 Å². The molecule has 0 aliphatic carbocycles. The van der Waals surface area contributed by atoms with Crippen LogP contribution in [0.3, 0.4) is 0 Å². The lowest BCUT2D eigenvalue weighted by molar-refractivity contribution is -0.341. The highest BCUT2D eigenvalue weighted by Crippen LogP contribution is 2.30. The Hall–Kier alpha value is -2.04. The summed E-state index contributed by atoms with van der Waals surface area (Å²) in [6.07, 6.45) is -2.65. The molecular weight excluding hydrogens is 229 g/mol. The van der Waals surface area contributed by atoms with E-state index in [4.69, 9.17) is 0 Å². The van der Waals surface area contributed by atoms with Crippen molar-refractivity contribution < 1.29 is 18.2 Å². The van der Waals surface area contributed by atoms with Crippen LogP contribution >= 0.6 is 0 Å². The summed E-state index contributed by atoms with van der Waals surface area (Å²) in [4.78, 5) is 5.42. The second kappa shape index (κ2) is 3.23. The summed E-state index contributed by atoms with van der Waals surface area (Å²) in [5.41, 5.74) is 0.574. The lowest BCUT2D eigenvalue weighted by Crippen LogP contribution is -2.07.